The monoisotopic (exact) mass is 369 g/mol. The van der Waals surface area contributed by atoms with Crippen molar-refractivity contribution in [2.45, 2.75) is 64.4 Å². The summed E-state index contributed by atoms with van der Waals surface area (Å²) in [7, 11) is 2.35. The van der Waals surface area contributed by atoms with Crippen LogP contribution in [-0.4, -0.2) is 49.2 Å². The van der Waals surface area contributed by atoms with Gasteiger partial charge in [-0.05, 0) is 40.0 Å². The molecule has 18 heavy (non-hydrogen) atoms. The van der Waals surface area contributed by atoms with E-state index in [4.69, 9.17) is 9.47 Å². The molecule has 0 aliphatic carbocycles. The minimum Gasteiger partial charge on any atom is -1.00 e. The van der Waals surface area contributed by atoms with E-state index in [0.29, 0.717) is 6.10 Å². The number of rotatable bonds is 2. The van der Waals surface area contributed by atoms with E-state index >= 15 is 0 Å². The van der Waals surface area contributed by atoms with Crippen molar-refractivity contribution in [2.24, 2.45) is 0 Å². The first kappa shape index (κ1) is 16.7. The number of ether oxygens (including phenoxy) is 2. The lowest BCUT2D eigenvalue weighted by Crippen LogP contribution is -3.00. The summed E-state index contributed by atoms with van der Waals surface area (Å²) < 4.78 is 13.1. The van der Waals surface area contributed by atoms with Gasteiger partial charge in [0.2, 0.25) is 6.29 Å². The lowest BCUT2D eigenvalue weighted by atomic mass is 10.00. The molecule has 0 amide bonds. The van der Waals surface area contributed by atoms with Crippen LogP contribution in [0.5, 0.6) is 0 Å². The number of nitrogens with zero attached hydrogens (tertiary/aromatic N) is 1. The van der Waals surface area contributed by atoms with Gasteiger partial charge in [0.05, 0.1) is 31.8 Å². The van der Waals surface area contributed by atoms with Crippen molar-refractivity contribution in [3.05, 3.63) is 0 Å². The maximum atomic E-state index is 6.07. The molecule has 0 aromatic carbocycles. The molecule has 0 N–H and O–H groups in total. The molecule has 2 atom stereocenters. The number of hydrogen-bond acceptors (Lipinski definition) is 2. The van der Waals surface area contributed by atoms with Crippen LogP contribution in [0.3, 0.4) is 0 Å². The zero-order valence-corrected chi connectivity index (χ0v) is 14.4. The molecule has 0 radical (unpaired) electrons. The van der Waals surface area contributed by atoms with Crippen molar-refractivity contribution in [2.75, 3.05) is 26.7 Å². The van der Waals surface area contributed by atoms with Gasteiger partial charge >= 0.3 is 0 Å². The van der Waals surface area contributed by atoms with Crippen molar-refractivity contribution in [3.8, 4) is 0 Å². The average molecular weight is 369 g/mol. The van der Waals surface area contributed by atoms with Crippen LogP contribution >= 0.6 is 0 Å². The highest BCUT2D eigenvalue weighted by atomic mass is 127. The molecule has 2 aliphatic heterocycles. The summed E-state index contributed by atoms with van der Waals surface area (Å²) in [6, 6.07) is 0. The topological polar surface area (TPSA) is 18.5 Å². The summed E-state index contributed by atoms with van der Waals surface area (Å²) >= 11 is 0. The van der Waals surface area contributed by atoms with Gasteiger partial charge in [-0.15, -0.1) is 0 Å². The van der Waals surface area contributed by atoms with E-state index in [1.54, 1.807) is 0 Å². The molecule has 0 saturated carbocycles. The Hall–Kier alpha value is 0.610. The van der Waals surface area contributed by atoms with E-state index in [1.807, 2.05) is 0 Å². The minimum atomic E-state index is -0.0305. The van der Waals surface area contributed by atoms with Gasteiger partial charge in [-0.2, -0.15) is 0 Å². The molecule has 3 nitrogen and oxygen atoms in total. The Kier molecular flexibility index (Phi) is 5.90. The second-order valence-electron chi connectivity index (χ2n) is 6.77. The molecule has 0 spiro atoms. The fraction of sp³-hybridized carbons (Fsp3) is 1.00. The largest absolute Gasteiger partial charge is 1.00 e. The Labute approximate surface area is 129 Å². The Balaban J connectivity index is 0.00000162. The van der Waals surface area contributed by atoms with Crippen LogP contribution in [0.4, 0.5) is 0 Å². The normalized spacial score (nSPS) is 34.7. The zero-order chi connectivity index (χ0) is 12.5. The first-order chi connectivity index (χ1) is 7.89. The highest BCUT2D eigenvalue weighted by Gasteiger charge is 2.38. The van der Waals surface area contributed by atoms with Gasteiger partial charge in [0, 0.05) is 6.42 Å². The number of hydrogen-bond donors (Lipinski definition) is 0. The Morgan fingerprint density at radius 1 is 1.17 bits per heavy atom. The van der Waals surface area contributed by atoms with Gasteiger partial charge in [-0.25, -0.2) is 0 Å². The molecule has 0 aromatic heterocycles. The van der Waals surface area contributed by atoms with Gasteiger partial charge in [0.15, 0.2) is 0 Å². The van der Waals surface area contributed by atoms with Crippen LogP contribution in [-0.2, 0) is 9.47 Å². The first-order valence-electron chi connectivity index (χ1n) is 7.05. The van der Waals surface area contributed by atoms with E-state index in [1.165, 1.54) is 32.4 Å². The summed E-state index contributed by atoms with van der Waals surface area (Å²) in [6.45, 7) is 10.1. The van der Waals surface area contributed by atoms with Crippen LogP contribution in [0.25, 0.3) is 0 Å². The number of likely N-dealkylation sites (tertiary alicyclic amines) is 1. The Bertz CT molecular complexity index is 265. The number of halogens is 1. The summed E-state index contributed by atoms with van der Waals surface area (Å²) in [5, 5.41) is 0. The summed E-state index contributed by atoms with van der Waals surface area (Å²) in [5.74, 6) is 0. The second kappa shape index (κ2) is 6.37. The van der Waals surface area contributed by atoms with Gasteiger partial charge in [0.25, 0.3) is 0 Å². The molecule has 0 bridgehead atoms. The van der Waals surface area contributed by atoms with Crippen molar-refractivity contribution >= 4 is 0 Å². The molecule has 2 rings (SSSR count). The Morgan fingerprint density at radius 3 is 2.33 bits per heavy atom. The van der Waals surface area contributed by atoms with Crippen LogP contribution < -0.4 is 24.0 Å². The fourth-order valence-electron chi connectivity index (χ4n) is 3.33. The zero-order valence-electron chi connectivity index (χ0n) is 12.2. The third kappa shape index (κ3) is 4.62. The van der Waals surface area contributed by atoms with Crippen molar-refractivity contribution in [1.29, 1.82) is 0 Å². The molecule has 2 saturated heterocycles. The van der Waals surface area contributed by atoms with Gasteiger partial charge in [0.1, 0.15) is 6.54 Å². The molecular weight excluding hydrogens is 341 g/mol. The highest BCUT2D eigenvalue weighted by Crippen LogP contribution is 2.29. The molecule has 2 fully saturated rings. The first-order valence-corrected chi connectivity index (χ1v) is 7.05. The standard InChI is InChI=1S/C14H28NO2.HI/c1-12-10-14(2,3)17-13(16-12)11-15(4)8-6-5-7-9-15;/h12-13H,5-11H2,1-4H3;1H/q+1;/p-1. The van der Waals surface area contributed by atoms with Crippen LogP contribution in [0.1, 0.15) is 46.5 Å². The molecule has 2 aliphatic rings. The van der Waals surface area contributed by atoms with E-state index < -0.39 is 0 Å². The predicted octanol–water partition coefficient (Wildman–Crippen LogP) is -0.449. The summed E-state index contributed by atoms with van der Waals surface area (Å²) in [4.78, 5) is 0. The molecule has 4 heteroatoms. The van der Waals surface area contributed by atoms with E-state index in [-0.39, 0.29) is 35.9 Å². The SMILES string of the molecule is CC1CC(C)(C)OC(C[N+]2(C)CCCCC2)O1.[I-]. The molecule has 108 valence electrons. The average Bonchev–Trinajstić information content (AvgIpc) is 2.13. The maximum absolute atomic E-state index is 6.07. The lowest BCUT2D eigenvalue weighted by molar-refractivity contribution is -0.920. The molecule has 2 heterocycles. The number of quaternary nitrogens is 1. The molecular formula is C14H28INO2. The van der Waals surface area contributed by atoms with Crippen LogP contribution in [0.15, 0.2) is 0 Å². The van der Waals surface area contributed by atoms with Gasteiger partial charge < -0.3 is 37.9 Å². The number of likely N-dealkylation sites (N-methyl/N-ethyl adjacent to an activating group) is 1. The lowest BCUT2D eigenvalue weighted by Gasteiger charge is -2.45. The van der Waals surface area contributed by atoms with E-state index in [2.05, 4.69) is 27.8 Å². The highest BCUT2D eigenvalue weighted by molar-refractivity contribution is 4.77. The van der Waals surface area contributed by atoms with Crippen LogP contribution in [0.2, 0.25) is 0 Å². The third-order valence-corrected chi connectivity index (χ3v) is 4.10. The second-order valence-corrected chi connectivity index (χ2v) is 6.77. The van der Waals surface area contributed by atoms with Crippen LogP contribution in [0, 0.1) is 0 Å². The smallest absolute Gasteiger partial charge is 0.208 e. The van der Waals surface area contributed by atoms with E-state index in [0.717, 1.165) is 17.4 Å². The van der Waals surface area contributed by atoms with Crippen molar-refractivity contribution in [3.63, 3.8) is 0 Å². The predicted molar refractivity (Wildman–Crippen MR) is 68.8 cm³/mol. The van der Waals surface area contributed by atoms with E-state index in [9.17, 15) is 0 Å². The maximum Gasteiger partial charge on any atom is 0.208 e. The molecule has 0 aromatic rings. The van der Waals surface area contributed by atoms with Crippen molar-refractivity contribution < 1.29 is 37.9 Å². The quantitative estimate of drug-likeness (QED) is 0.485. The third-order valence-electron chi connectivity index (χ3n) is 4.10. The molecule has 2 unspecified atom stereocenters. The van der Waals surface area contributed by atoms with Gasteiger partial charge in [-0.1, -0.05) is 0 Å². The summed E-state index contributed by atoms with van der Waals surface area (Å²) in [5.41, 5.74) is -0.0305. The minimum absolute atomic E-state index is 0. The fourth-order valence-corrected chi connectivity index (χ4v) is 3.33. The number of piperidine rings is 1. The van der Waals surface area contributed by atoms with Crippen molar-refractivity contribution in [1.82, 2.24) is 0 Å². The Morgan fingerprint density at radius 2 is 1.78 bits per heavy atom. The summed E-state index contributed by atoms with van der Waals surface area (Å²) in [6.07, 6.45) is 5.39. The van der Waals surface area contributed by atoms with Gasteiger partial charge in [-0.3, -0.25) is 0 Å².